The molecule has 0 unspecified atom stereocenters. The minimum Gasteiger partial charge on any atom is -0.322 e. The number of hydrogen-bond donors (Lipinski definition) is 1. The van der Waals surface area contributed by atoms with Gasteiger partial charge in [0.05, 0.1) is 5.56 Å². The van der Waals surface area contributed by atoms with E-state index in [4.69, 9.17) is 0 Å². The molecule has 5 heteroatoms. The molecule has 0 aliphatic carbocycles. The van der Waals surface area contributed by atoms with Crippen molar-refractivity contribution >= 4 is 27.5 Å². The summed E-state index contributed by atoms with van der Waals surface area (Å²) in [5.41, 5.74) is 0.523. The van der Waals surface area contributed by atoms with Gasteiger partial charge in [0, 0.05) is 15.7 Å². The number of benzene rings is 2. The van der Waals surface area contributed by atoms with Gasteiger partial charge in [0.1, 0.15) is 11.6 Å². The van der Waals surface area contributed by atoms with Crippen LogP contribution in [-0.4, -0.2) is 5.91 Å². The Balaban J connectivity index is 2.34. The van der Waals surface area contributed by atoms with Gasteiger partial charge >= 0.3 is 0 Å². The van der Waals surface area contributed by atoms with Gasteiger partial charge < -0.3 is 5.32 Å². The van der Waals surface area contributed by atoms with E-state index in [1.165, 1.54) is 24.3 Å². The first kappa shape index (κ1) is 13.7. The van der Waals surface area contributed by atoms with E-state index in [1.54, 1.807) is 19.1 Å². The van der Waals surface area contributed by atoms with E-state index in [2.05, 4.69) is 21.2 Å². The zero-order valence-corrected chi connectivity index (χ0v) is 11.6. The molecule has 0 aliphatic heterocycles. The van der Waals surface area contributed by atoms with Crippen molar-refractivity contribution in [1.29, 1.82) is 0 Å². The fourth-order valence-corrected chi connectivity index (χ4v) is 2.16. The van der Waals surface area contributed by atoms with Crippen LogP contribution in [0.3, 0.4) is 0 Å². The van der Waals surface area contributed by atoms with Crippen LogP contribution in [0.15, 0.2) is 40.9 Å². The minimum atomic E-state index is -0.638. The molecule has 1 amide bonds. The number of rotatable bonds is 2. The fourth-order valence-electron chi connectivity index (χ4n) is 1.64. The molecule has 0 spiro atoms. The van der Waals surface area contributed by atoms with Crippen molar-refractivity contribution in [2.45, 2.75) is 6.92 Å². The lowest BCUT2D eigenvalue weighted by atomic mass is 10.1. The van der Waals surface area contributed by atoms with Gasteiger partial charge in [-0.1, -0.05) is 12.1 Å². The highest BCUT2D eigenvalue weighted by atomic mass is 79.9. The van der Waals surface area contributed by atoms with Crippen LogP contribution in [0.1, 0.15) is 15.9 Å². The molecule has 0 heterocycles. The molecule has 2 nitrogen and oxygen atoms in total. The molecule has 0 saturated carbocycles. The molecule has 1 N–H and O–H groups in total. The number of anilines is 1. The van der Waals surface area contributed by atoms with Crippen LogP contribution in [0.25, 0.3) is 0 Å². The minimum absolute atomic E-state index is 0.105. The van der Waals surface area contributed by atoms with Crippen LogP contribution < -0.4 is 5.32 Å². The molecule has 2 aromatic carbocycles. The lowest BCUT2D eigenvalue weighted by Gasteiger charge is -2.10. The van der Waals surface area contributed by atoms with E-state index in [-0.39, 0.29) is 5.56 Å². The average molecular weight is 326 g/mol. The molecule has 2 aromatic rings. The monoisotopic (exact) mass is 325 g/mol. The van der Waals surface area contributed by atoms with Crippen molar-refractivity contribution in [3.05, 3.63) is 63.6 Å². The van der Waals surface area contributed by atoms with Gasteiger partial charge in [-0.2, -0.15) is 0 Å². The van der Waals surface area contributed by atoms with Crippen LogP contribution in [0.5, 0.6) is 0 Å². The molecule has 0 aliphatic rings. The van der Waals surface area contributed by atoms with E-state index in [0.29, 0.717) is 15.7 Å². The summed E-state index contributed by atoms with van der Waals surface area (Å²) in [4.78, 5) is 12.0. The third-order valence-electron chi connectivity index (χ3n) is 2.71. The molecule has 19 heavy (non-hydrogen) atoms. The van der Waals surface area contributed by atoms with Gasteiger partial charge in [0.25, 0.3) is 5.91 Å². The van der Waals surface area contributed by atoms with Gasteiger partial charge in [-0.3, -0.25) is 4.79 Å². The maximum Gasteiger partial charge on any atom is 0.259 e. The first-order valence-electron chi connectivity index (χ1n) is 5.51. The topological polar surface area (TPSA) is 29.1 Å². The Bertz CT molecular complexity index is 623. The third kappa shape index (κ3) is 2.81. The Morgan fingerprint density at radius 1 is 1.11 bits per heavy atom. The molecule has 0 fully saturated rings. The summed E-state index contributed by atoms with van der Waals surface area (Å²) in [6.07, 6.45) is 0. The van der Waals surface area contributed by atoms with Crippen LogP contribution >= 0.6 is 15.9 Å². The van der Waals surface area contributed by atoms with E-state index < -0.39 is 17.5 Å². The van der Waals surface area contributed by atoms with Crippen molar-refractivity contribution in [2.24, 2.45) is 0 Å². The van der Waals surface area contributed by atoms with Crippen LogP contribution in [0.2, 0.25) is 0 Å². The number of nitrogens with one attached hydrogen (secondary N) is 1. The molecular formula is C14H10BrF2NO. The number of hydrogen-bond acceptors (Lipinski definition) is 1. The summed E-state index contributed by atoms with van der Waals surface area (Å²) in [6.45, 7) is 1.54. The summed E-state index contributed by atoms with van der Waals surface area (Å²) >= 11 is 3.12. The highest BCUT2D eigenvalue weighted by Gasteiger charge is 2.16. The maximum absolute atomic E-state index is 13.6. The van der Waals surface area contributed by atoms with Gasteiger partial charge in [-0.15, -0.1) is 0 Å². The third-order valence-corrected chi connectivity index (χ3v) is 3.37. The Morgan fingerprint density at radius 3 is 2.42 bits per heavy atom. The summed E-state index contributed by atoms with van der Waals surface area (Å²) < 4.78 is 27.3. The first-order chi connectivity index (χ1) is 9.00. The lowest BCUT2D eigenvalue weighted by molar-refractivity contribution is 0.102. The molecule has 0 radical (unpaired) electrons. The second kappa shape index (κ2) is 5.48. The molecule has 0 atom stereocenters. The fraction of sp³-hybridized carbons (Fsp3) is 0.0714. The van der Waals surface area contributed by atoms with E-state index in [1.807, 2.05) is 0 Å². The van der Waals surface area contributed by atoms with Crippen molar-refractivity contribution in [3.8, 4) is 0 Å². The van der Waals surface area contributed by atoms with Gasteiger partial charge in [0.2, 0.25) is 0 Å². The van der Waals surface area contributed by atoms with Crippen LogP contribution in [0.4, 0.5) is 14.5 Å². The summed E-state index contributed by atoms with van der Waals surface area (Å²) in [7, 11) is 0. The number of halogens is 3. The SMILES string of the molecule is Cc1c(F)cccc1NC(=O)c1c(F)cccc1Br. The normalized spacial score (nSPS) is 10.3. The van der Waals surface area contributed by atoms with Crippen molar-refractivity contribution in [1.82, 2.24) is 0 Å². The van der Waals surface area contributed by atoms with Crippen LogP contribution in [0, 0.1) is 18.6 Å². The zero-order chi connectivity index (χ0) is 14.0. The Labute approximate surface area is 117 Å². The molecule has 2 rings (SSSR count). The number of carbonyl (C=O) groups is 1. The molecule has 0 bridgehead atoms. The smallest absolute Gasteiger partial charge is 0.259 e. The summed E-state index contributed by atoms with van der Waals surface area (Å²) in [6, 6.07) is 8.58. The van der Waals surface area contributed by atoms with E-state index in [0.717, 1.165) is 0 Å². The van der Waals surface area contributed by atoms with Crippen molar-refractivity contribution < 1.29 is 13.6 Å². The summed E-state index contributed by atoms with van der Waals surface area (Å²) in [5.74, 6) is -1.69. The predicted molar refractivity (Wildman–Crippen MR) is 73.2 cm³/mol. The highest BCUT2D eigenvalue weighted by molar-refractivity contribution is 9.10. The maximum atomic E-state index is 13.6. The Morgan fingerprint density at radius 2 is 1.74 bits per heavy atom. The average Bonchev–Trinajstić information content (AvgIpc) is 2.35. The largest absolute Gasteiger partial charge is 0.322 e. The number of carbonyl (C=O) groups excluding carboxylic acids is 1. The van der Waals surface area contributed by atoms with Gasteiger partial charge in [-0.05, 0) is 47.1 Å². The van der Waals surface area contributed by atoms with Gasteiger partial charge in [-0.25, -0.2) is 8.78 Å². The molecular weight excluding hydrogens is 316 g/mol. The predicted octanol–water partition coefficient (Wildman–Crippen LogP) is 4.29. The van der Waals surface area contributed by atoms with Crippen LogP contribution in [-0.2, 0) is 0 Å². The first-order valence-corrected chi connectivity index (χ1v) is 6.30. The second-order valence-corrected chi connectivity index (χ2v) is 4.82. The van der Waals surface area contributed by atoms with Crippen molar-refractivity contribution in [2.75, 3.05) is 5.32 Å². The van der Waals surface area contributed by atoms with E-state index >= 15 is 0 Å². The molecule has 0 saturated heterocycles. The Kier molecular flexibility index (Phi) is 3.95. The van der Waals surface area contributed by atoms with Crippen molar-refractivity contribution in [3.63, 3.8) is 0 Å². The Hall–Kier alpha value is -1.75. The number of amides is 1. The zero-order valence-electron chi connectivity index (χ0n) is 10.0. The van der Waals surface area contributed by atoms with Gasteiger partial charge in [0.15, 0.2) is 0 Å². The molecule has 0 aromatic heterocycles. The second-order valence-electron chi connectivity index (χ2n) is 3.96. The van der Waals surface area contributed by atoms with E-state index in [9.17, 15) is 13.6 Å². The highest BCUT2D eigenvalue weighted by Crippen LogP contribution is 2.23. The quantitative estimate of drug-likeness (QED) is 0.876. The molecule has 98 valence electrons. The standard InChI is InChI=1S/C14H10BrF2NO/c1-8-10(16)5-3-7-12(8)18-14(19)13-9(15)4-2-6-11(13)17/h2-7H,1H3,(H,18,19). The lowest BCUT2D eigenvalue weighted by Crippen LogP contribution is -2.15. The summed E-state index contributed by atoms with van der Waals surface area (Å²) in [5, 5.41) is 2.50.